The maximum absolute atomic E-state index is 13.4. The summed E-state index contributed by atoms with van der Waals surface area (Å²) in [6.45, 7) is 0. The third-order valence-corrected chi connectivity index (χ3v) is 6.00. The first-order chi connectivity index (χ1) is 14.6. The predicted molar refractivity (Wildman–Crippen MR) is 113 cm³/mol. The molecule has 0 fully saturated rings. The summed E-state index contributed by atoms with van der Waals surface area (Å²) in [5.74, 6) is 0.193. The van der Waals surface area contributed by atoms with Crippen LogP contribution in [0.2, 0.25) is 0 Å². The van der Waals surface area contributed by atoms with Crippen LogP contribution in [0.3, 0.4) is 0 Å². The first-order valence-corrected chi connectivity index (χ1v) is 11.1. The standard InChI is InChI=1S/C23H17F3N2O2S/c1-31(29,30)19-12-8-17(9-13-19)16-6-10-18(11-7-16)28-15-14-27-22(28)20-4-2-3-5-21(20)23(24,25)26/h2-15H,1H3. The Bertz CT molecular complexity index is 1320. The van der Waals surface area contributed by atoms with Gasteiger partial charge in [0.25, 0.3) is 0 Å². The topological polar surface area (TPSA) is 52.0 Å². The molecule has 4 aromatic rings. The third kappa shape index (κ3) is 4.25. The Labute approximate surface area is 177 Å². The van der Waals surface area contributed by atoms with E-state index in [1.165, 1.54) is 18.3 Å². The van der Waals surface area contributed by atoms with Crippen LogP contribution in [-0.2, 0) is 16.0 Å². The van der Waals surface area contributed by atoms with Crippen LogP contribution >= 0.6 is 0 Å². The van der Waals surface area contributed by atoms with E-state index >= 15 is 0 Å². The van der Waals surface area contributed by atoms with Gasteiger partial charge in [0.15, 0.2) is 9.84 Å². The lowest BCUT2D eigenvalue weighted by Gasteiger charge is -2.14. The number of aromatic nitrogens is 2. The minimum Gasteiger partial charge on any atom is -0.300 e. The second kappa shape index (κ2) is 7.70. The maximum atomic E-state index is 13.4. The van der Waals surface area contributed by atoms with E-state index in [1.54, 1.807) is 53.2 Å². The van der Waals surface area contributed by atoms with E-state index in [2.05, 4.69) is 4.98 Å². The molecule has 0 radical (unpaired) electrons. The molecule has 8 heteroatoms. The van der Waals surface area contributed by atoms with Crippen molar-refractivity contribution in [1.29, 1.82) is 0 Å². The SMILES string of the molecule is CS(=O)(=O)c1ccc(-c2ccc(-n3ccnc3-c3ccccc3C(F)(F)F)cc2)cc1. The number of imidazole rings is 1. The van der Waals surface area contributed by atoms with E-state index < -0.39 is 21.6 Å². The highest BCUT2D eigenvalue weighted by atomic mass is 32.2. The fourth-order valence-electron chi connectivity index (χ4n) is 3.35. The Kier molecular flexibility index (Phi) is 5.18. The fraction of sp³-hybridized carbons (Fsp3) is 0.0870. The average Bonchev–Trinajstić information content (AvgIpc) is 3.22. The van der Waals surface area contributed by atoms with E-state index in [0.29, 0.717) is 5.69 Å². The molecule has 4 nitrogen and oxygen atoms in total. The van der Waals surface area contributed by atoms with Crippen LogP contribution in [0, 0.1) is 0 Å². The number of sulfone groups is 1. The van der Waals surface area contributed by atoms with Crippen molar-refractivity contribution in [3.63, 3.8) is 0 Å². The van der Waals surface area contributed by atoms with E-state index in [0.717, 1.165) is 23.4 Å². The van der Waals surface area contributed by atoms with Crippen molar-refractivity contribution in [1.82, 2.24) is 9.55 Å². The summed E-state index contributed by atoms with van der Waals surface area (Å²) in [5, 5.41) is 0. The Hall–Kier alpha value is -3.39. The molecule has 1 heterocycles. The van der Waals surface area contributed by atoms with Crippen LogP contribution in [0.15, 0.2) is 90.1 Å². The van der Waals surface area contributed by atoms with Gasteiger partial charge in [0.05, 0.1) is 10.5 Å². The zero-order chi connectivity index (χ0) is 22.2. The van der Waals surface area contributed by atoms with Crippen LogP contribution in [0.5, 0.6) is 0 Å². The molecular weight excluding hydrogens is 425 g/mol. The lowest BCUT2D eigenvalue weighted by molar-refractivity contribution is -0.137. The van der Waals surface area contributed by atoms with Gasteiger partial charge in [0, 0.05) is 29.9 Å². The number of benzene rings is 3. The zero-order valence-corrected chi connectivity index (χ0v) is 17.2. The largest absolute Gasteiger partial charge is 0.417 e. The molecule has 4 rings (SSSR count). The van der Waals surface area contributed by atoms with Gasteiger partial charge in [-0.3, -0.25) is 4.57 Å². The molecule has 158 valence electrons. The van der Waals surface area contributed by atoms with Crippen molar-refractivity contribution in [3.05, 3.63) is 90.8 Å². The van der Waals surface area contributed by atoms with E-state index in [-0.39, 0.29) is 16.3 Å². The molecule has 0 aliphatic rings. The van der Waals surface area contributed by atoms with Crippen LogP contribution in [0.25, 0.3) is 28.2 Å². The molecule has 0 saturated carbocycles. The molecule has 0 N–H and O–H groups in total. The highest BCUT2D eigenvalue weighted by Gasteiger charge is 2.34. The molecule has 0 aliphatic heterocycles. The predicted octanol–water partition coefficient (Wildman–Crippen LogP) is 5.63. The van der Waals surface area contributed by atoms with E-state index in [1.807, 2.05) is 12.1 Å². The molecule has 1 aromatic heterocycles. The maximum Gasteiger partial charge on any atom is 0.417 e. The number of alkyl halides is 3. The van der Waals surface area contributed by atoms with Crippen LogP contribution < -0.4 is 0 Å². The van der Waals surface area contributed by atoms with E-state index in [4.69, 9.17) is 0 Å². The van der Waals surface area contributed by atoms with Gasteiger partial charge in [0.2, 0.25) is 0 Å². The number of nitrogens with zero attached hydrogens (tertiary/aromatic N) is 2. The molecule has 0 atom stereocenters. The highest BCUT2D eigenvalue weighted by Crippen LogP contribution is 2.37. The Balaban J connectivity index is 1.69. The average molecular weight is 442 g/mol. The monoisotopic (exact) mass is 442 g/mol. The van der Waals surface area contributed by atoms with Crippen LogP contribution in [0.4, 0.5) is 13.2 Å². The van der Waals surface area contributed by atoms with Crippen molar-refractivity contribution in [2.75, 3.05) is 6.26 Å². The summed E-state index contributed by atoms with van der Waals surface area (Å²) < 4.78 is 65.2. The Morgan fingerprint density at radius 2 is 1.42 bits per heavy atom. The number of hydrogen-bond acceptors (Lipinski definition) is 3. The molecule has 0 amide bonds. The lowest BCUT2D eigenvalue weighted by atomic mass is 10.0. The first-order valence-electron chi connectivity index (χ1n) is 9.25. The molecule has 31 heavy (non-hydrogen) atoms. The van der Waals surface area contributed by atoms with Crippen LogP contribution in [0.1, 0.15) is 5.56 Å². The summed E-state index contributed by atoms with van der Waals surface area (Å²) in [6.07, 6.45) is -0.273. The molecular formula is C23H17F3N2O2S. The van der Waals surface area contributed by atoms with Crippen molar-refractivity contribution in [2.45, 2.75) is 11.1 Å². The highest BCUT2D eigenvalue weighted by molar-refractivity contribution is 7.90. The van der Waals surface area contributed by atoms with Gasteiger partial charge in [0.1, 0.15) is 5.82 Å². The van der Waals surface area contributed by atoms with E-state index in [9.17, 15) is 21.6 Å². The molecule has 0 saturated heterocycles. The quantitative estimate of drug-likeness (QED) is 0.412. The minimum atomic E-state index is -4.49. The second-order valence-electron chi connectivity index (χ2n) is 7.01. The van der Waals surface area contributed by atoms with Crippen LogP contribution in [-0.4, -0.2) is 24.2 Å². The normalized spacial score (nSPS) is 12.1. The molecule has 3 aromatic carbocycles. The fourth-order valence-corrected chi connectivity index (χ4v) is 3.98. The molecule has 0 bridgehead atoms. The van der Waals surface area contributed by atoms with Gasteiger partial charge >= 0.3 is 6.18 Å². The Morgan fingerprint density at radius 1 is 0.839 bits per heavy atom. The summed E-state index contributed by atoms with van der Waals surface area (Å²) in [6, 6.07) is 19.1. The number of hydrogen-bond donors (Lipinski definition) is 0. The second-order valence-corrected chi connectivity index (χ2v) is 9.02. The summed E-state index contributed by atoms with van der Waals surface area (Å²) in [7, 11) is -3.27. The van der Waals surface area contributed by atoms with Gasteiger partial charge in [-0.15, -0.1) is 0 Å². The lowest BCUT2D eigenvalue weighted by Crippen LogP contribution is -2.08. The van der Waals surface area contributed by atoms with Gasteiger partial charge in [-0.25, -0.2) is 13.4 Å². The Morgan fingerprint density at radius 3 is 2.00 bits per heavy atom. The van der Waals surface area contributed by atoms with Gasteiger partial charge in [-0.05, 0) is 41.5 Å². The van der Waals surface area contributed by atoms with Gasteiger partial charge < -0.3 is 0 Å². The third-order valence-electron chi connectivity index (χ3n) is 4.88. The first kappa shape index (κ1) is 20.9. The minimum absolute atomic E-state index is 0.000408. The zero-order valence-electron chi connectivity index (χ0n) is 16.3. The number of rotatable bonds is 4. The summed E-state index contributed by atoms with van der Waals surface area (Å²) in [5.41, 5.74) is 1.58. The molecule has 0 spiro atoms. The van der Waals surface area contributed by atoms with Gasteiger partial charge in [-0.1, -0.05) is 42.5 Å². The molecule has 0 unspecified atom stereocenters. The smallest absolute Gasteiger partial charge is 0.300 e. The van der Waals surface area contributed by atoms with Crippen molar-refractivity contribution in [2.24, 2.45) is 0 Å². The summed E-state index contributed by atoms with van der Waals surface area (Å²) >= 11 is 0. The van der Waals surface area contributed by atoms with Gasteiger partial charge in [-0.2, -0.15) is 13.2 Å². The molecule has 0 aliphatic carbocycles. The number of halogens is 3. The van der Waals surface area contributed by atoms with Crippen molar-refractivity contribution in [3.8, 4) is 28.2 Å². The van der Waals surface area contributed by atoms with Crippen molar-refractivity contribution >= 4 is 9.84 Å². The van der Waals surface area contributed by atoms with Crippen molar-refractivity contribution < 1.29 is 21.6 Å². The summed E-state index contributed by atoms with van der Waals surface area (Å²) in [4.78, 5) is 4.39.